The standard InChI is InChI=1S/C21H28N4O4/c1-15(2)25-12-17(22-14-25)16-11-24(19(26)18-5-4-9-29-18)13-21(16)6-7-23(20(21)27)8-10-28-3/h4-5,9,12,14-16H,6-8,10-11,13H2,1-3H3. The molecule has 8 heteroatoms. The Morgan fingerprint density at radius 1 is 1.45 bits per heavy atom. The summed E-state index contributed by atoms with van der Waals surface area (Å²) in [6.45, 7) is 6.77. The number of aromatic nitrogens is 2. The molecule has 2 aliphatic rings. The summed E-state index contributed by atoms with van der Waals surface area (Å²) >= 11 is 0. The van der Waals surface area contributed by atoms with Crippen molar-refractivity contribution in [3.8, 4) is 0 Å². The van der Waals surface area contributed by atoms with Crippen LogP contribution in [0.3, 0.4) is 0 Å². The summed E-state index contributed by atoms with van der Waals surface area (Å²) in [5.41, 5.74) is 0.224. The topological polar surface area (TPSA) is 80.8 Å². The highest BCUT2D eigenvalue weighted by molar-refractivity contribution is 5.94. The van der Waals surface area contributed by atoms with Crippen molar-refractivity contribution >= 4 is 11.8 Å². The maximum atomic E-state index is 13.5. The van der Waals surface area contributed by atoms with Crippen LogP contribution in [0.15, 0.2) is 35.3 Å². The van der Waals surface area contributed by atoms with Crippen molar-refractivity contribution < 1.29 is 18.7 Å². The molecular weight excluding hydrogens is 372 g/mol. The summed E-state index contributed by atoms with van der Waals surface area (Å²) in [6.07, 6.45) is 6.03. The number of likely N-dealkylation sites (tertiary alicyclic amines) is 2. The first-order valence-electron chi connectivity index (χ1n) is 10.1. The minimum atomic E-state index is -0.647. The molecule has 156 valence electrons. The average molecular weight is 400 g/mol. The van der Waals surface area contributed by atoms with Gasteiger partial charge >= 0.3 is 0 Å². The molecule has 2 atom stereocenters. The van der Waals surface area contributed by atoms with Crippen molar-refractivity contribution in [2.45, 2.75) is 32.2 Å². The van der Waals surface area contributed by atoms with E-state index in [1.807, 2.05) is 22.0 Å². The van der Waals surface area contributed by atoms with Gasteiger partial charge in [0.1, 0.15) is 0 Å². The fraction of sp³-hybridized carbons (Fsp3) is 0.571. The van der Waals surface area contributed by atoms with Crippen LogP contribution < -0.4 is 0 Å². The van der Waals surface area contributed by atoms with E-state index in [2.05, 4.69) is 18.8 Å². The highest BCUT2D eigenvalue weighted by Gasteiger charge is 2.58. The summed E-state index contributed by atoms with van der Waals surface area (Å²) in [6, 6.07) is 3.65. The zero-order chi connectivity index (χ0) is 20.6. The minimum Gasteiger partial charge on any atom is -0.459 e. The normalized spacial score (nSPS) is 24.4. The molecular formula is C21H28N4O4. The maximum absolute atomic E-state index is 13.5. The average Bonchev–Trinajstić information content (AvgIpc) is 3.49. The van der Waals surface area contributed by atoms with Crippen LogP contribution in [-0.2, 0) is 9.53 Å². The first-order valence-corrected chi connectivity index (χ1v) is 10.1. The zero-order valence-corrected chi connectivity index (χ0v) is 17.2. The SMILES string of the molecule is COCCN1CCC2(CN(C(=O)c3ccco3)CC2c2cn(C(C)C)cn2)C1=O. The van der Waals surface area contributed by atoms with Crippen molar-refractivity contribution in [3.63, 3.8) is 0 Å². The van der Waals surface area contributed by atoms with Crippen molar-refractivity contribution in [2.75, 3.05) is 39.9 Å². The molecule has 4 heterocycles. The molecule has 2 saturated heterocycles. The Labute approximate surface area is 170 Å². The van der Waals surface area contributed by atoms with Gasteiger partial charge in [-0.2, -0.15) is 0 Å². The molecule has 2 fully saturated rings. The van der Waals surface area contributed by atoms with Gasteiger partial charge in [0.2, 0.25) is 5.91 Å². The van der Waals surface area contributed by atoms with Gasteiger partial charge in [-0.1, -0.05) is 0 Å². The first kappa shape index (κ1) is 19.7. The molecule has 2 aliphatic heterocycles. The lowest BCUT2D eigenvalue weighted by molar-refractivity contribution is -0.136. The molecule has 0 aliphatic carbocycles. The summed E-state index contributed by atoms with van der Waals surface area (Å²) < 4.78 is 12.5. The van der Waals surface area contributed by atoms with E-state index in [0.717, 1.165) is 5.69 Å². The molecule has 1 spiro atoms. The smallest absolute Gasteiger partial charge is 0.289 e. The number of hydrogen-bond acceptors (Lipinski definition) is 5. The van der Waals surface area contributed by atoms with Gasteiger partial charge in [-0.3, -0.25) is 9.59 Å². The Hall–Kier alpha value is -2.61. The monoisotopic (exact) mass is 400 g/mol. The molecule has 29 heavy (non-hydrogen) atoms. The van der Waals surface area contributed by atoms with Crippen molar-refractivity contribution in [3.05, 3.63) is 42.4 Å². The summed E-state index contributed by atoms with van der Waals surface area (Å²) in [5.74, 6) is 0.0772. The lowest BCUT2D eigenvalue weighted by Gasteiger charge is -2.27. The van der Waals surface area contributed by atoms with Crippen LogP contribution in [0.2, 0.25) is 0 Å². The predicted octanol–water partition coefficient (Wildman–Crippen LogP) is 2.16. The number of carbonyl (C=O) groups is 2. The lowest BCUT2D eigenvalue weighted by atomic mass is 9.75. The Kier molecular flexibility index (Phi) is 5.21. The molecule has 0 aromatic carbocycles. The van der Waals surface area contributed by atoms with Crippen LogP contribution in [0.4, 0.5) is 0 Å². The van der Waals surface area contributed by atoms with Gasteiger partial charge in [0.15, 0.2) is 5.76 Å². The van der Waals surface area contributed by atoms with Crippen LogP contribution in [0.1, 0.15) is 48.5 Å². The largest absolute Gasteiger partial charge is 0.459 e. The zero-order valence-electron chi connectivity index (χ0n) is 17.2. The van der Waals surface area contributed by atoms with Gasteiger partial charge in [0.05, 0.1) is 30.3 Å². The molecule has 4 rings (SSSR count). The molecule has 8 nitrogen and oxygen atoms in total. The fourth-order valence-corrected chi connectivity index (χ4v) is 4.56. The van der Waals surface area contributed by atoms with E-state index in [1.165, 1.54) is 6.26 Å². The van der Waals surface area contributed by atoms with E-state index in [-0.39, 0.29) is 23.8 Å². The van der Waals surface area contributed by atoms with Crippen LogP contribution in [0.5, 0.6) is 0 Å². The van der Waals surface area contributed by atoms with Crippen LogP contribution in [-0.4, -0.2) is 71.1 Å². The third kappa shape index (κ3) is 3.35. The Balaban J connectivity index is 1.66. The minimum absolute atomic E-state index is 0.0911. The van der Waals surface area contributed by atoms with Crippen molar-refractivity contribution in [2.24, 2.45) is 5.41 Å². The third-order valence-electron chi connectivity index (χ3n) is 6.24. The maximum Gasteiger partial charge on any atom is 0.289 e. The van der Waals surface area contributed by atoms with Crippen LogP contribution >= 0.6 is 0 Å². The van der Waals surface area contributed by atoms with Crippen molar-refractivity contribution in [1.29, 1.82) is 0 Å². The highest BCUT2D eigenvalue weighted by atomic mass is 16.5. The second-order valence-electron chi connectivity index (χ2n) is 8.25. The lowest BCUT2D eigenvalue weighted by Crippen LogP contribution is -2.41. The quantitative estimate of drug-likeness (QED) is 0.742. The number of carbonyl (C=O) groups excluding carboxylic acids is 2. The predicted molar refractivity (Wildman–Crippen MR) is 105 cm³/mol. The Bertz CT molecular complexity index is 875. The van der Waals surface area contributed by atoms with E-state index in [4.69, 9.17) is 9.15 Å². The molecule has 0 saturated carbocycles. The van der Waals surface area contributed by atoms with E-state index >= 15 is 0 Å². The number of nitrogens with zero attached hydrogens (tertiary/aromatic N) is 4. The molecule has 2 aromatic rings. The number of ether oxygens (including phenoxy) is 1. The first-order chi connectivity index (χ1) is 14.0. The van der Waals surface area contributed by atoms with Gasteiger partial charge in [-0.05, 0) is 32.4 Å². The number of imidazole rings is 1. The molecule has 2 unspecified atom stereocenters. The van der Waals surface area contributed by atoms with Crippen molar-refractivity contribution in [1.82, 2.24) is 19.4 Å². The van der Waals surface area contributed by atoms with Crippen LogP contribution in [0, 0.1) is 5.41 Å². The molecule has 2 amide bonds. The number of rotatable bonds is 6. The van der Waals surface area contributed by atoms with Gasteiger partial charge in [0.25, 0.3) is 5.91 Å². The fourth-order valence-electron chi connectivity index (χ4n) is 4.56. The second kappa shape index (κ2) is 7.67. The number of amides is 2. The molecule has 0 N–H and O–H groups in total. The van der Waals surface area contributed by atoms with Gasteiger partial charge < -0.3 is 23.5 Å². The molecule has 2 aromatic heterocycles. The summed E-state index contributed by atoms with van der Waals surface area (Å²) in [5, 5.41) is 0. The van der Waals surface area contributed by atoms with E-state index in [9.17, 15) is 9.59 Å². The number of hydrogen-bond donors (Lipinski definition) is 0. The van der Waals surface area contributed by atoms with Gasteiger partial charge in [-0.25, -0.2) is 4.98 Å². The van der Waals surface area contributed by atoms with E-state index in [1.54, 1.807) is 24.1 Å². The number of methoxy groups -OCH3 is 1. The van der Waals surface area contributed by atoms with Crippen LogP contribution in [0.25, 0.3) is 0 Å². The Morgan fingerprint density at radius 2 is 2.28 bits per heavy atom. The van der Waals surface area contributed by atoms with Gasteiger partial charge in [-0.15, -0.1) is 0 Å². The molecule has 0 bridgehead atoms. The highest BCUT2D eigenvalue weighted by Crippen LogP contribution is 2.49. The summed E-state index contributed by atoms with van der Waals surface area (Å²) in [7, 11) is 1.64. The number of furan rings is 1. The van der Waals surface area contributed by atoms with Gasteiger partial charge in [0, 0.05) is 51.4 Å². The Morgan fingerprint density at radius 3 is 2.93 bits per heavy atom. The third-order valence-corrected chi connectivity index (χ3v) is 6.24. The summed E-state index contributed by atoms with van der Waals surface area (Å²) in [4.78, 5) is 34.7. The van der Waals surface area contributed by atoms with E-state index in [0.29, 0.717) is 45.0 Å². The van der Waals surface area contributed by atoms with E-state index < -0.39 is 5.41 Å². The second-order valence-corrected chi connectivity index (χ2v) is 8.25. The molecule has 0 radical (unpaired) electrons.